The highest BCUT2D eigenvalue weighted by atomic mass is 16.5. The zero-order chi connectivity index (χ0) is 15.3. The van der Waals surface area contributed by atoms with E-state index >= 15 is 0 Å². The quantitative estimate of drug-likeness (QED) is 0.601. The van der Waals surface area contributed by atoms with Crippen LogP contribution in [-0.2, 0) is 16.0 Å². The number of methoxy groups -OCH3 is 2. The third-order valence-electron chi connectivity index (χ3n) is 3.40. The highest BCUT2D eigenvalue weighted by molar-refractivity contribution is 5.47. The van der Waals surface area contributed by atoms with Gasteiger partial charge in [0.25, 0.3) is 0 Å². The summed E-state index contributed by atoms with van der Waals surface area (Å²) in [5.41, 5.74) is 2.58. The maximum absolute atomic E-state index is 5.21. The zero-order valence-corrected chi connectivity index (χ0v) is 13.7. The van der Waals surface area contributed by atoms with Gasteiger partial charge in [-0.15, -0.1) is 0 Å². The lowest BCUT2D eigenvalue weighted by atomic mass is 10.2. The molecule has 0 saturated heterocycles. The van der Waals surface area contributed by atoms with Crippen molar-refractivity contribution in [2.24, 2.45) is 0 Å². The summed E-state index contributed by atoms with van der Waals surface area (Å²) in [6.45, 7) is 7.63. The Morgan fingerprint density at radius 1 is 1.00 bits per heavy atom. The molecule has 0 amide bonds. The molecule has 0 fully saturated rings. The second-order valence-corrected chi connectivity index (χ2v) is 5.17. The maximum Gasteiger partial charge on any atom is 0.0637 e. The summed E-state index contributed by atoms with van der Waals surface area (Å²) in [5, 5.41) is 3.43. The molecule has 4 nitrogen and oxygen atoms in total. The molecule has 1 aromatic rings. The fraction of sp³-hybridized carbons (Fsp3) is 0.647. The molecule has 21 heavy (non-hydrogen) atoms. The van der Waals surface area contributed by atoms with Gasteiger partial charge in [0.15, 0.2) is 0 Å². The van der Waals surface area contributed by atoms with E-state index < -0.39 is 0 Å². The molecule has 0 aromatic heterocycles. The van der Waals surface area contributed by atoms with Crippen LogP contribution in [0.15, 0.2) is 24.3 Å². The minimum Gasteiger partial charge on any atom is -0.385 e. The van der Waals surface area contributed by atoms with Crippen LogP contribution >= 0.6 is 0 Å². The van der Waals surface area contributed by atoms with Crippen LogP contribution in [0.5, 0.6) is 0 Å². The van der Waals surface area contributed by atoms with Crippen molar-refractivity contribution in [2.45, 2.75) is 26.3 Å². The molecule has 0 aliphatic carbocycles. The third-order valence-corrected chi connectivity index (χ3v) is 3.40. The van der Waals surface area contributed by atoms with Gasteiger partial charge in [0, 0.05) is 46.1 Å². The van der Waals surface area contributed by atoms with Gasteiger partial charge in [-0.1, -0.05) is 19.1 Å². The highest BCUT2D eigenvalue weighted by Gasteiger charge is 2.06. The summed E-state index contributed by atoms with van der Waals surface area (Å²) in [6.07, 6.45) is 2.20. The topological polar surface area (TPSA) is 33.7 Å². The van der Waals surface area contributed by atoms with E-state index in [0.29, 0.717) is 0 Å². The van der Waals surface area contributed by atoms with Crippen LogP contribution in [0.1, 0.15) is 25.3 Å². The van der Waals surface area contributed by atoms with Crippen molar-refractivity contribution in [3.8, 4) is 0 Å². The maximum atomic E-state index is 5.21. The summed E-state index contributed by atoms with van der Waals surface area (Å²) >= 11 is 0. The first kappa shape index (κ1) is 18.0. The van der Waals surface area contributed by atoms with E-state index in [1.54, 1.807) is 14.2 Å². The van der Waals surface area contributed by atoms with Crippen molar-refractivity contribution in [2.75, 3.05) is 52.0 Å². The van der Waals surface area contributed by atoms with Crippen LogP contribution in [0.2, 0.25) is 0 Å². The lowest BCUT2D eigenvalue weighted by molar-refractivity contribution is 0.191. The number of hydrogen-bond acceptors (Lipinski definition) is 4. The smallest absolute Gasteiger partial charge is 0.0637 e. The normalized spacial score (nSPS) is 10.8. The first-order chi connectivity index (χ1) is 10.3. The van der Waals surface area contributed by atoms with E-state index in [9.17, 15) is 0 Å². The van der Waals surface area contributed by atoms with Gasteiger partial charge in [0.05, 0.1) is 6.61 Å². The highest BCUT2D eigenvalue weighted by Crippen LogP contribution is 2.15. The molecule has 0 atom stereocenters. The first-order valence-electron chi connectivity index (χ1n) is 7.84. The summed E-state index contributed by atoms with van der Waals surface area (Å²) in [5.74, 6) is 0. The molecule has 120 valence electrons. The van der Waals surface area contributed by atoms with Crippen molar-refractivity contribution in [3.05, 3.63) is 29.8 Å². The summed E-state index contributed by atoms with van der Waals surface area (Å²) in [4.78, 5) is 2.35. The molecule has 0 bridgehead atoms. The molecule has 0 aliphatic rings. The van der Waals surface area contributed by atoms with E-state index in [1.165, 1.54) is 17.7 Å². The van der Waals surface area contributed by atoms with Crippen molar-refractivity contribution in [3.63, 3.8) is 0 Å². The van der Waals surface area contributed by atoms with Gasteiger partial charge < -0.3 is 19.7 Å². The Bertz CT molecular complexity index is 354. The van der Waals surface area contributed by atoms with E-state index in [4.69, 9.17) is 9.47 Å². The second kappa shape index (κ2) is 11.5. The van der Waals surface area contributed by atoms with Crippen LogP contribution in [0.25, 0.3) is 0 Å². The van der Waals surface area contributed by atoms with Crippen molar-refractivity contribution >= 4 is 5.69 Å². The molecule has 0 unspecified atom stereocenters. The van der Waals surface area contributed by atoms with Gasteiger partial charge in [-0.3, -0.25) is 0 Å². The van der Waals surface area contributed by atoms with Crippen LogP contribution in [0.4, 0.5) is 5.69 Å². The van der Waals surface area contributed by atoms with Gasteiger partial charge in [0.1, 0.15) is 0 Å². The molecule has 0 heterocycles. The summed E-state index contributed by atoms with van der Waals surface area (Å²) < 4.78 is 10.3. The Kier molecular flexibility index (Phi) is 9.87. The molecule has 0 saturated carbocycles. The molecule has 1 rings (SSSR count). The summed E-state index contributed by atoms with van der Waals surface area (Å²) in [6, 6.07) is 8.80. The number of nitrogens with one attached hydrogen (secondary N) is 1. The van der Waals surface area contributed by atoms with Gasteiger partial charge in [-0.05, 0) is 37.1 Å². The van der Waals surface area contributed by atoms with Crippen molar-refractivity contribution in [1.29, 1.82) is 0 Å². The van der Waals surface area contributed by atoms with Gasteiger partial charge in [-0.2, -0.15) is 0 Å². The molecule has 0 spiro atoms. The SMILES string of the molecule is CCCNCc1ccc(N(CCCOC)CCOC)cc1. The number of ether oxygens (including phenoxy) is 2. The van der Waals surface area contributed by atoms with Crippen LogP contribution in [0, 0.1) is 0 Å². The average Bonchev–Trinajstić information content (AvgIpc) is 2.52. The number of rotatable bonds is 12. The van der Waals surface area contributed by atoms with E-state index in [2.05, 4.69) is 41.4 Å². The molecule has 0 aliphatic heterocycles. The Hall–Kier alpha value is -1.10. The predicted octanol–water partition coefficient (Wildman–Crippen LogP) is 2.68. The van der Waals surface area contributed by atoms with E-state index in [-0.39, 0.29) is 0 Å². The molecule has 1 aromatic carbocycles. The number of hydrogen-bond donors (Lipinski definition) is 1. The molecular weight excluding hydrogens is 264 g/mol. The Balaban J connectivity index is 2.55. The number of nitrogens with zero attached hydrogens (tertiary/aromatic N) is 1. The predicted molar refractivity (Wildman–Crippen MR) is 89.0 cm³/mol. The second-order valence-electron chi connectivity index (χ2n) is 5.17. The number of benzene rings is 1. The van der Waals surface area contributed by atoms with Crippen molar-refractivity contribution < 1.29 is 9.47 Å². The minimum absolute atomic E-state index is 0.743. The zero-order valence-electron chi connectivity index (χ0n) is 13.7. The monoisotopic (exact) mass is 294 g/mol. The standard InChI is InChI=1S/C17H30N2O2/c1-4-10-18-15-16-6-8-17(9-7-16)19(12-14-21-3)11-5-13-20-2/h6-9,18H,4-5,10-15H2,1-3H3. The number of anilines is 1. The fourth-order valence-electron chi connectivity index (χ4n) is 2.21. The van der Waals surface area contributed by atoms with Gasteiger partial charge in [0.2, 0.25) is 0 Å². The van der Waals surface area contributed by atoms with Crippen LogP contribution in [-0.4, -0.2) is 47.1 Å². The molecule has 4 heteroatoms. The third kappa shape index (κ3) is 7.46. The molecule has 1 N–H and O–H groups in total. The van der Waals surface area contributed by atoms with E-state index in [1.807, 2.05) is 0 Å². The lowest BCUT2D eigenvalue weighted by Crippen LogP contribution is -2.29. The fourth-order valence-corrected chi connectivity index (χ4v) is 2.21. The summed E-state index contributed by atoms with van der Waals surface area (Å²) in [7, 11) is 3.49. The Morgan fingerprint density at radius 2 is 1.71 bits per heavy atom. The Labute approximate surface area is 129 Å². The average molecular weight is 294 g/mol. The molecular formula is C17H30N2O2. The molecule has 0 radical (unpaired) electrons. The largest absolute Gasteiger partial charge is 0.385 e. The Morgan fingerprint density at radius 3 is 2.33 bits per heavy atom. The van der Waals surface area contributed by atoms with Crippen LogP contribution < -0.4 is 10.2 Å². The minimum atomic E-state index is 0.743. The lowest BCUT2D eigenvalue weighted by Gasteiger charge is -2.24. The van der Waals surface area contributed by atoms with Crippen LogP contribution in [0.3, 0.4) is 0 Å². The first-order valence-corrected chi connectivity index (χ1v) is 7.84. The van der Waals surface area contributed by atoms with Crippen molar-refractivity contribution in [1.82, 2.24) is 5.32 Å². The van der Waals surface area contributed by atoms with E-state index in [0.717, 1.165) is 45.8 Å². The van der Waals surface area contributed by atoms with Gasteiger partial charge in [-0.25, -0.2) is 0 Å². The van der Waals surface area contributed by atoms with Gasteiger partial charge >= 0.3 is 0 Å².